The molecule has 0 atom stereocenters. The van der Waals surface area contributed by atoms with Gasteiger partial charge in [0, 0.05) is 20.2 Å². The highest BCUT2D eigenvalue weighted by atomic mass is 32.2. The van der Waals surface area contributed by atoms with Crippen molar-refractivity contribution in [3.63, 3.8) is 0 Å². The number of nitrogens with one attached hydrogen (secondary N) is 1. The van der Waals surface area contributed by atoms with Crippen molar-refractivity contribution in [2.75, 3.05) is 38.3 Å². The van der Waals surface area contributed by atoms with Crippen LogP contribution in [0.4, 0.5) is 0 Å². The van der Waals surface area contributed by atoms with Crippen LogP contribution in [-0.2, 0) is 4.74 Å². The van der Waals surface area contributed by atoms with Crippen molar-refractivity contribution in [1.82, 2.24) is 5.32 Å². The van der Waals surface area contributed by atoms with Gasteiger partial charge in [-0.3, -0.25) is 0 Å². The van der Waals surface area contributed by atoms with Crippen LogP contribution in [0, 0.1) is 5.41 Å². The van der Waals surface area contributed by atoms with Gasteiger partial charge in [0.1, 0.15) is 0 Å². The normalized spacial score (nSPS) is 18.7. The Morgan fingerprint density at radius 2 is 2.06 bits per heavy atom. The summed E-state index contributed by atoms with van der Waals surface area (Å²) in [5.41, 5.74) is 0.613. The fourth-order valence-electron chi connectivity index (χ4n) is 2.86. The Bertz CT molecular complexity index is 167. The van der Waals surface area contributed by atoms with Gasteiger partial charge in [-0.15, -0.1) is 0 Å². The fraction of sp³-hybridized carbons (Fsp3) is 1.00. The molecule has 0 unspecified atom stereocenters. The maximum atomic E-state index is 5.09. The summed E-state index contributed by atoms with van der Waals surface area (Å²) in [5.74, 6) is 2.61. The zero-order chi connectivity index (χ0) is 12.4. The van der Waals surface area contributed by atoms with E-state index in [9.17, 15) is 0 Å². The molecule has 0 bridgehead atoms. The minimum Gasteiger partial charge on any atom is -0.383 e. The monoisotopic (exact) mass is 259 g/mol. The van der Waals surface area contributed by atoms with E-state index in [4.69, 9.17) is 4.74 Å². The second-order valence-electron chi connectivity index (χ2n) is 5.18. The molecule has 0 amide bonds. The summed E-state index contributed by atoms with van der Waals surface area (Å²) in [4.78, 5) is 0. The molecule has 0 aliphatic heterocycles. The number of methoxy groups -OCH3 is 1. The van der Waals surface area contributed by atoms with E-state index in [2.05, 4.69) is 24.0 Å². The number of ether oxygens (including phenoxy) is 1. The topological polar surface area (TPSA) is 21.3 Å². The minimum atomic E-state index is 0.613. The van der Waals surface area contributed by atoms with Gasteiger partial charge in [0.15, 0.2) is 0 Å². The quantitative estimate of drug-likeness (QED) is 0.608. The van der Waals surface area contributed by atoms with Crippen LogP contribution in [-0.4, -0.2) is 38.3 Å². The maximum absolute atomic E-state index is 5.09. The van der Waals surface area contributed by atoms with Gasteiger partial charge in [0.05, 0.1) is 6.61 Å². The van der Waals surface area contributed by atoms with Crippen LogP contribution in [0.3, 0.4) is 0 Å². The van der Waals surface area contributed by atoms with Gasteiger partial charge in [-0.2, -0.15) is 11.8 Å². The first-order valence-corrected chi connectivity index (χ1v) is 8.26. The third kappa shape index (κ3) is 6.12. The third-order valence-corrected chi connectivity index (χ3v) is 4.83. The molecule has 1 aliphatic carbocycles. The van der Waals surface area contributed by atoms with E-state index in [0.717, 1.165) is 13.2 Å². The lowest BCUT2D eigenvalue weighted by Crippen LogP contribution is -2.34. The highest BCUT2D eigenvalue weighted by Gasteiger charge is 2.32. The van der Waals surface area contributed by atoms with E-state index in [1.807, 2.05) is 0 Å². The molecule has 1 N–H and O–H groups in total. The van der Waals surface area contributed by atoms with Crippen LogP contribution >= 0.6 is 11.8 Å². The molecule has 0 heterocycles. The first-order chi connectivity index (χ1) is 8.33. The average molecular weight is 259 g/mol. The standard InChI is InChI=1S/C14H29NOS/c1-3-17-12-6-9-14(7-4-5-8-14)13-15-10-11-16-2/h15H,3-13H2,1-2H3. The van der Waals surface area contributed by atoms with Crippen molar-refractivity contribution in [2.45, 2.75) is 45.4 Å². The lowest BCUT2D eigenvalue weighted by atomic mass is 9.81. The summed E-state index contributed by atoms with van der Waals surface area (Å²) < 4.78 is 5.09. The molecule has 0 aromatic rings. The van der Waals surface area contributed by atoms with Gasteiger partial charge in [-0.1, -0.05) is 19.8 Å². The van der Waals surface area contributed by atoms with Crippen molar-refractivity contribution in [1.29, 1.82) is 0 Å². The molecule has 2 nitrogen and oxygen atoms in total. The molecule has 17 heavy (non-hydrogen) atoms. The summed E-state index contributed by atoms with van der Waals surface area (Å²) in [6, 6.07) is 0. The van der Waals surface area contributed by atoms with Gasteiger partial charge in [-0.05, 0) is 42.6 Å². The van der Waals surface area contributed by atoms with Crippen LogP contribution in [0.5, 0.6) is 0 Å². The molecule has 1 fully saturated rings. The second kappa shape index (κ2) is 9.23. The summed E-state index contributed by atoms with van der Waals surface area (Å²) in [7, 11) is 1.77. The first kappa shape index (κ1) is 15.3. The van der Waals surface area contributed by atoms with E-state index >= 15 is 0 Å². The molecule has 0 radical (unpaired) electrons. The lowest BCUT2D eigenvalue weighted by Gasteiger charge is -2.29. The van der Waals surface area contributed by atoms with Crippen molar-refractivity contribution < 1.29 is 4.74 Å². The van der Waals surface area contributed by atoms with Gasteiger partial charge < -0.3 is 10.1 Å². The zero-order valence-electron chi connectivity index (χ0n) is 11.6. The molecule has 0 spiro atoms. The maximum Gasteiger partial charge on any atom is 0.0587 e. The highest BCUT2D eigenvalue weighted by Crippen LogP contribution is 2.41. The zero-order valence-corrected chi connectivity index (χ0v) is 12.4. The van der Waals surface area contributed by atoms with E-state index in [1.165, 1.54) is 56.6 Å². The van der Waals surface area contributed by atoms with Crippen molar-refractivity contribution in [3.8, 4) is 0 Å². The van der Waals surface area contributed by atoms with Gasteiger partial charge >= 0.3 is 0 Å². The molecule has 3 heteroatoms. The highest BCUT2D eigenvalue weighted by molar-refractivity contribution is 7.99. The van der Waals surface area contributed by atoms with Crippen molar-refractivity contribution >= 4 is 11.8 Å². The average Bonchev–Trinajstić information content (AvgIpc) is 2.80. The number of rotatable bonds is 10. The fourth-order valence-corrected chi connectivity index (χ4v) is 3.50. The van der Waals surface area contributed by atoms with Crippen LogP contribution in [0.25, 0.3) is 0 Å². The molecule has 0 aromatic heterocycles. The van der Waals surface area contributed by atoms with Crippen LogP contribution in [0.15, 0.2) is 0 Å². The molecule has 1 rings (SSSR count). The number of hydrogen-bond acceptors (Lipinski definition) is 3. The number of thioether (sulfide) groups is 1. The molecule has 0 aromatic carbocycles. The van der Waals surface area contributed by atoms with Gasteiger partial charge in [0.2, 0.25) is 0 Å². The molecule has 0 saturated heterocycles. The van der Waals surface area contributed by atoms with Gasteiger partial charge in [-0.25, -0.2) is 0 Å². The molecular formula is C14H29NOS. The lowest BCUT2D eigenvalue weighted by molar-refractivity contribution is 0.187. The third-order valence-electron chi connectivity index (χ3n) is 3.85. The Hall–Kier alpha value is 0.270. The van der Waals surface area contributed by atoms with Gasteiger partial charge in [0.25, 0.3) is 0 Å². The molecule has 102 valence electrons. The van der Waals surface area contributed by atoms with E-state index in [0.29, 0.717) is 5.41 Å². The molecule has 1 saturated carbocycles. The Labute approximate surface area is 111 Å². The minimum absolute atomic E-state index is 0.613. The van der Waals surface area contributed by atoms with E-state index in [1.54, 1.807) is 7.11 Å². The second-order valence-corrected chi connectivity index (χ2v) is 6.57. The Kier molecular flexibility index (Phi) is 8.33. The van der Waals surface area contributed by atoms with Crippen LogP contribution in [0.2, 0.25) is 0 Å². The summed E-state index contributed by atoms with van der Waals surface area (Å²) in [6.45, 7) is 5.29. The smallest absolute Gasteiger partial charge is 0.0587 e. The molecule has 1 aliphatic rings. The van der Waals surface area contributed by atoms with Crippen molar-refractivity contribution in [3.05, 3.63) is 0 Å². The largest absolute Gasteiger partial charge is 0.383 e. The number of hydrogen-bond donors (Lipinski definition) is 1. The van der Waals surface area contributed by atoms with Crippen molar-refractivity contribution in [2.24, 2.45) is 5.41 Å². The summed E-state index contributed by atoms with van der Waals surface area (Å²) in [6.07, 6.45) is 8.55. The van der Waals surface area contributed by atoms with E-state index < -0.39 is 0 Å². The Morgan fingerprint density at radius 3 is 2.71 bits per heavy atom. The first-order valence-electron chi connectivity index (χ1n) is 7.10. The van der Waals surface area contributed by atoms with E-state index in [-0.39, 0.29) is 0 Å². The summed E-state index contributed by atoms with van der Waals surface area (Å²) in [5, 5.41) is 3.58. The summed E-state index contributed by atoms with van der Waals surface area (Å²) >= 11 is 2.08. The van der Waals surface area contributed by atoms with Crippen LogP contribution in [0.1, 0.15) is 45.4 Å². The Morgan fingerprint density at radius 1 is 1.29 bits per heavy atom. The molecular weight excluding hydrogens is 230 g/mol. The predicted molar refractivity (Wildman–Crippen MR) is 77.9 cm³/mol. The SMILES string of the molecule is CCSCCCC1(CNCCOC)CCCC1. The Balaban J connectivity index is 2.19. The predicted octanol–water partition coefficient (Wildman–Crippen LogP) is 3.32. The van der Waals surface area contributed by atoms with Crippen LogP contribution < -0.4 is 5.32 Å².